The number of hydrazone groups is 1. The van der Waals surface area contributed by atoms with Gasteiger partial charge in [-0.2, -0.15) is 10.1 Å². The van der Waals surface area contributed by atoms with Crippen molar-refractivity contribution in [3.05, 3.63) is 59.2 Å². The third-order valence-electron chi connectivity index (χ3n) is 4.00. The Morgan fingerprint density at radius 1 is 0.926 bits per heavy atom. The lowest BCUT2D eigenvalue weighted by molar-refractivity contribution is 0.0660. The minimum atomic E-state index is -0.425. The van der Waals surface area contributed by atoms with Gasteiger partial charge in [0, 0.05) is 11.6 Å². The third-order valence-corrected chi connectivity index (χ3v) is 4.00. The molecule has 1 aliphatic heterocycles. The number of hydrogen-bond donors (Lipinski definition) is 0. The molecule has 6 heteroatoms. The average molecular weight is 366 g/mol. The van der Waals surface area contributed by atoms with Gasteiger partial charge in [0.05, 0.1) is 30.6 Å². The van der Waals surface area contributed by atoms with Gasteiger partial charge in [0.25, 0.3) is 11.8 Å². The molecule has 1 heterocycles. The molecule has 0 bridgehead atoms. The van der Waals surface area contributed by atoms with E-state index < -0.39 is 11.8 Å². The Morgan fingerprint density at radius 3 is 2.19 bits per heavy atom. The summed E-state index contributed by atoms with van der Waals surface area (Å²) in [5.74, 6) is 0.461. The van der Waals surface area contributed by atoms with Crippen molar-refractivity contribution in [1.82, 2.24) is 5.01 Å². The Hall–Kier alpha value is -3.15. The molecule has 0 saturated carbocycles. The Morgan fingerprint density at radius 2 is 1.56 bits per heavy atom. The summed E-state index contributed by atoms with van der Waals surface area (Å²) in [7, 11) is 0. The van der Waals surface area contributed by atoms with Crippen molar-refractivity contribution in [2.24, 2.45) is 5.10 Å². The van der Waals surface area contributed by atoms with Crippen LogP contribution in [0.5, 0.6) is 11.5 Å². The van der Waals surface area contributed by atoms with Gasteiger partial charge in [-0.05, 0) is 37.1 Å². The number of imide groups is 1. The Labute approximate surface area is 158 Å². The van der Waals surface area contributed by atoms with Crippen LogP contribution in [-0.4, -0.2) is 36.3 Å². The molecule has 0 N–H and O–H groups in total. The Bertz CT molecular complexity index is 841. The highest BCUT2D eigenvalue weighted by Gasteiger charge is 2.35. The molecule has 0 fully saturated rings. The number of nitrogens with zero attached hydrogens (tertiary/aromatic N) is 2. The van der Waals surface area contributed by atoms with Crippen LogP contribution in [0.25, 0.3) is 0 Å². The number of carbonyl (C=O) groups excluding carboxylic acids is 2. The van der Waals surface area contributed by atoms with Crippen LogP contribution in [0.15, 0.2) is 47.6 Å². The molecule has 2 aromatic carbocycles. The van der Waals surface area contributed by atoms with E-state index in [1.807, 2.05) is 19.9 Å². The van der Waals surface area contributed by atoms with E-state index in [-0.39, 0.29) is 0 Å². The summed E-state index contributed by atoms with van der Waals surface area (Å²) < 4.78 is 11.4. The normalized spacial score (nSPS) is 13.3. The summed E-state index contributed by atoms with van der Waals surface area (Å²) in [6.07, 6.45) is 3.24. The number of carbonyl (C=O) groups is 2. The highest BCUT2D eigenvalue weighted by atomic mass is 16.5. The predicted molar refractivity (Wildman–Crippen MR) is 103 cm³/mol. The summed E-state index contributed by atoms with van der Waals surface area (Å²) in [5.41, 5.74) is 1.40. The zero-order chi connectivity index (χ0) is 19.2. The number of amides is 2. The molecule has 2 amide bonds. The summed E-state index contributed by atoms with van der Waals surface area (Å²) in [5, 5.41) is 5.00. The number of fused-ring (bicyclic) bond motifs is 1. The summed E-state index contributed by atoms with van der Waals surface area (Å²) in [6.45, 7) is 5.22. The van der Waals surface area contributed by atoms with Gasteiger partial charge in [-0.3, -0.25) is 9.59 Å². The smallest absolute Gasteiger partial charge is 0.282 e. The molecule has 3 rings (SSSR count). The van der Waals surface area contributed by atoms with Gasteiger partial charge in [0.1, 0.15) is 11.5 Å². The Balaban J connectivity index is 1.84. The number of rotatable bonds is 8. The van der Waals surface area contributed by atoms with Crippen molar-refractivity contribution in [3.8, 4) is 11.5 Å². The first-order chi connectivity index (χ1) is 13.2. The second-order valence-electron chi connectivity index (χ2n) is 6.11. The van der Waals surface area contributed by atoms with E-state index in [2.05, 4.69) is 5.10 Å². The van der Waals surface area contributed by atoms with E-state index in [1.165, 1.54) is 6.21 Å². The molecule has 1 aliphatic rings. The van der Waals surface area contributed by atoms with Crippen LogP contribution in [0, 0.1) is 0 Å². The van der Waals surface area contributed by atoms with Crippen molar-refractivity contribution in [1.29, 1.82) is 0 Å². The largest absolute Gasteiger partial charge is 0.493 e. The minimum absolute atomic E-state index is 0.366. The van der Waals surface area contributed by atoms with Crippen molar-refractivity contribution < 1.29 is 19.1 Å². The maximum Gasteiger partial charge on any atom is 0.282 e. The fourth-order valence-corrected chi connectivity index (χ4v) is 2.67. The zero-order valence-corrected chi connectivity index (χ0v) is 15.5. The lowest BCUT2D eigenvalue weighted by Crippen LogP contribution is -2.24. The van der Waals surface area contributed by atoms with E-state index in [0.717, 1.165) is 17.9 Å². The molecular weight excluding hydrogens is 344 g/mol. The quantitative estimate of drug-likeness (QED) is 0.525. The van der Waals surface area contributed by atoms with Gasteiger partial charge < -0.3 is 9.47 Å². The standard InChI is InChI=1S/C21H22N2O4/c1-3-11-26-16-10-9-15(19(13-16)27-12-4-2)14-22-23-20(24)17-7-5-6-8-18(17)21(23)25/h5-10,13-14H,3-4,11-12H2,1-2H3. The molecule has 0 aliphatic carbocycles. The first kappa shape index (κ1) is 18.6. The van der Waals surface area contributed by atoms with E-state index in [0.29, 0.717) is 41.4 Å². The average Bonchev–Trinajstić information content (AvgIpc) is 2.94. The molecule has 0 saturated heterocycles. The monoisotopic (exact) mass is 366 g/mol. The topological polar surface area (TPSA) is 68.2 Å². The second kappa shape index (κ2) is 8.49. The first-order valence-corrected chi connectivity index (χ1v) is 9.07. The molecule has 27 heavy (non-hydrogen) atoms. The zero-order valence-electron chi connectivity index (χ0n) is 15.5. The van der Waals surface area contributed by atoms with Crippen LogP contribution in [0.3, 0.4) is 0 Å². The molecule has 0 unspecified atom stereocenters. The van der Waals surface area contributed by atoms with Crippen molar-refractivity contribution in [3.63, 3.8) is 0 Å². The fraction of sp³-hybridized carbons (Fsp3) is 0.286. The number of hydrogen-bond acceptors (Lipinski definition) is 5. The molecule has 0 atom stereocenters. The number of benzene rings is 2. The lowest BCUT2D eigenvalue weighted by Gasteiger charge is -2.12. The maximum absolute atomic E-state index is 12.4. The Kier molecular flexibility index (Phi) is 5.86. The van der Waals surface area contributed by atoms with Gasteiger partial charge >= 0.3 is 0 Å². The molecule has 6 nitrogen and oxygen atoms in total. The van der Waals surface area contributed by atoms with Crippen LogP contribution in [0.4, 0.5) is 0 Å². The summed E-state index contributed by atoms with van der Waals surface area (Å²) in [4.78, 5) is 24.8. The van der Waals surface area contributed by atoms with Crippen LogP contribution in [-0.2, 0) is 0 Å². The van der Waals surface area contributed by atoms with E-state index in [1.54, 1.807) is 36.4 Å². The fourth-order valence-electron chi connectivity index (χ4n) is 2.67. The van der Waals surface area contributed by atoms with Crippen LogP contribution < -0.4 is 9.47 Å². The second-order valence-corrected chi connectivity index (χ2v) is 6.11. The van der Waals surface area contributed by atoms with Crippen molar-refractivity contribution >= 4 is 18.0 Å². The maximum atomic E-state index is 12.4. The first-order valence-electron chi connectivity index (χ1n) is 9.07. The van der Waals surface area contributed by atoms with Gasteiger partial charge in [-0.1, -0.05) is 26.0 Å². The van der Waals surface area contributed by atoms with Crippen LogP contribution in [0.2, 0.25) is 0 Å². The van der Waals surface area contributed by atoms with E-state index in [9.17, 15) is 9.59 Å². The molecule has 0 spiro atoms. The molecule has 2 aromatic rings. The molecular formula is C21H22N2O4. The number of ether oxygens (including phenoxy) is 2. The van der Waals surface area contributed by atoms with Gasteiger partial charge in [-0.15, -0.1) is 0 Å². The van der Waals surface area contributed by atoms with Crippen LogP contribution >= 0.6 is 0 Å². The highest BCUT2D eigenvalue weighted by Crippen LogP contribution is 2.26. The lowest BCUT2D eigenvalue weighted by atomic mass is 10.1. The SMILES string of the molecule is CCCOc1ccc(C=NN2C(=O)c3ccccc3C2=O)c(OCCC)c1. The molecule has 140 valence electrons. The van der Waals surface area contributed by atoms with E-state index >= 15 is 0 Å². The van der Waals surface area contributed by atoms with Crippen molar-refractivity contribution in [2.45, 2.75) is 26.7 Å². The minimum Gasteiger partial charge on any atom is -0.493 e. The predicted octanol–water partition coefficient (Wildman–Crippen LogP) is 3.89. The van der Waals surface area contributed by atoms with Crippen molar-refractivity contribution in [2.75, 3.05) is 13.2 Å². The highest BCUT2D eigenvalue weighted by molar-refractivity contribution is 6.21. The van der Waals surface area contributed by atoms with Gasteiger partial charge in [-0.25, -0.2) is 0 Å². The molecule has 0 radical (unpaired) electrons. The molecule has 0 aromatic heterocycles. The van der Waals surface area contributed by atoms with Gasteiger partial charge in [0.15, 0.2) is 0 Å². The van der Waals surface area contributed by atoms with E-state index in [4.69, 9.17) is 9.47 Å². The van der Waals surface area contributed by atoms with Gasteiger partial charge in [0.2, 0.25) is 0 Å². The third kappa shape index (κ3) is 4.00. The van der Waals surface area contributed by atoms with Crippen LogP contribution in [0.1, 0.15) is 53.0 Å². The summed E-state index contributed by atoms with van der Waals surface area (Å²) >= 11 is 0. The summed E-state index contributed by atoms with van der Waals surface area (Å²) in [6, 6.07) is 12.1.